The predicted molar refractivity (Wildman–Crippen MR) is 84.6 cm³/mol. The molecule has 1 unspecified atom stereocenters. The monoisotopic (exact) mass is 310 g/mol. The van der Waals surface area contributed by atoms with E-state index in [9.17, 15) is 4.79 Å². The molecule has 2 rings (SSSR count). The number of hydrogen-bond donors (Lipinski definition) is 1. The van der Waals surface area contributed by atoms with E-state index in [0.29, 0.717) is 30.6 Å². The molecule has 1 N–H and O–H groups in total. The van der Waals surface area contributed by atoms with Crippen molar-refractivity contribution in [1.29, 1.82) is 0 Å². The molecular weight excluding hydrogens is 288 g/mol. The van der Waals surface area contributed by atoms with Crippen LogP contribution in [0.25, 0.3) is 0 Å². The zero-order valence-electron chi connectivity index (χ0n) is 12.5. The molecule has 1 saturated heterocycles. The number of amides is 1. The van der Waals surface area contributed by atoms with Gasteiger partial charge in [0.15, 0.2) is 0 Å². The maximum absolute atomic E-state index is 12.5. The van der Waals surface area contributed by atoms with Gasteiger partial charge in [0.05, 0.1) is 13.0 Å². The average molecular weight is 311 g/mol. The first-order chi connectivity index (χ1) is 10.2. The van der Waals surface area contributed by atoms with Gasteiger partial charge in [0.25, 0.3) is 0 Å². The molecule has 1 amide bonds. The summed E-state index contributed by atoms with van der Waals surface area (Å²) >= 11 is 6.14. The minimum Gasteiger partial charge on any atom is -0.383 e. The highest BCUT2D eigenvalue weighted by Gasteiger charge is 2.21. The fourth-order valence-corrected chi connectivity index (χ4v) is 2.82. The number of benzene rings is 1. The number of nitrogens with zero attached hydrogens (tertiary/aromatic N) is 1. The van der Waals surface area contributed by atoms with Crippen LogP contribution in [0.4, 0.5) is 0 Å². The van der Waals surface area contributed by atoms with E-state index in [-0.39, 0.29) is 5.91 Å². The number of halogens is 1. The standard InChI is InChI=1S/C16H23ClN2O2/c1-21-10-9-19(12-14-6-4-8-18-14)16(20)11-13-5-2-3-7-15(13)17/h2-3,5,7,14,18H,4,6,8-12H2,1H3. The van der Waals surface area contributed by atoms with E-state index in [1.165, 1.54) is 6.42 Å². The fraction of sp³-hybridized carbons (Fsp3) is 0.562. The summed E-state index contributed by atoms with van der Waals surface area (Å²) in [5, 5.41) is 4.08. The van der Waals surface area contributed by atoms with Gasteiger partial charge in [-0.2, -0.15) is 0 Å². The summed E-state index contributed by atoms with van der Waals surface area (Å²) in [5.41, 5.74) is 0.881. The van der Waals surface area contributed by atoms with Crippen LogP contribution in [-0.2, 0) is 16.0 Å². The Hall–Kier alpha value is -1.10. The summed E-state index contributed by atoms with van der Waals surface area (Å²) in [6, 6.07) is 7.91. The molecule has 0 aromatic heterocycles. The molecule has 116 valence electrons. The number of methoxy groups -OCH3 is 1. The topological polar surface area (TPSA) is 41.6 Å². The van der Waals surface area contributed by atoms with Crippen molar-refractivity contribution in [2.45, 2.75) is 25.3 Å². The van der Waals surface area contributed by atoms with Gasteiger partial charge in [-0.3, -0.25) is 4.79 Å². The number of carbonyl (C=O) groups is 1. The van der Waals surface area contributed by atoms with Crippen LogP contribution in [0.5, 0.6) is 0 Å². The average Bonchev–Trinajstić information content (AvgIpc) is 2.98. The molecule has 0 saturated carbocycles. The number of rotatable bonds is 7. The molecule has 0 spiro atoms. The van der Waals surface area contributed by atoms with Crippen LogP contribution < -0.4 is 5.32 Å². The molecule has 0 bridgehead atoms. The van der Waals surface area contributed by atoms with E-state index < -0.39 is 0 Å². The molecule has 1 heterocycles. The van der Waals surface area contributed by atoms with Crippen LogP contribution in [-0.4, -0.2) is 50.2 Å². The van der Waals surface area contributed by atoms with E-state index in [1.54, 1.807) is 7.11 Å². The first-order valence-electron chi connectivity index (χ1n) is 7.44. The SMILES string of the molecule is COCCN(CC1CCCN1)C(=O)Cc1ccccc1Cl. The third-order valence-corrected chi connectivity index (χ3v) is 4.19. The second-order valence-corrected chi connectivity index (χ2v) is 5.80. The van der Waals surface area contributed by atoms with Crippen molar-refractivity contribution in [2.75, 3.05) is 33.4 Å². The van der Waals surface area contributed by atoms with Gasteiger partial charge < -0.3 is 15.0 Å². The van der Waals surface area contributed by atoms with Gasteiger partial charge >= 0.3 is 0 Å². The van der Waals surface area contributed by atoms with Gasteiger partial charge in [-0.1, -0.05) is 29.8 Å². The molecule has 0 radical (unpaired) electrons. The number of nitrogens with one attached hydrogen (secondary N) is 1. The summed E-state index contributed by atoms with van der Waals surface area (Å²) in [4.78, 5) is 14.4. The van der Waals surface area contributed by atoms with Gasteiger partial charge in [0.1, 0.15) is 0 Å². The number of ether oxygens (including phenoxy) is 1. The number of hydrogen-bond acceptors (Lipinski definition) is 3. The quantitative estimate of drug-likeness (QED) is 0.838. The summed E-state index contributed by atoms with van der Waals surface area (Å²) in [7, 11) is 1.66. The number of carbonyl (C=O) groups excluding carboxylic acids is 1. The van der Waals surface area contributed by atoms with Gasteiger partial charge in [0.2, 0.25) is 5.91 Å². The lowest BCUT2D eigenvalue weighted by atomic mass is 10.1. The molecule has 1 aromatic rings. The molecule has 5 heteroatoms. The van der Waals surface area contributed by atoms with Crippen molar-refractivity contribution in [3.05, 3.63) is 34.9 Å². The van der Waals surface area contributed by atoms with Gasteiger partial charge in [-0.05, 0) is 31.0 Å². The normalized spacial score (nSPS) is 17.9. The lowest BCUT2D eigenvalue weighted by molar-refractivity contribution is -0.131. The van der Waals surface area contributed by atoms with Gasteiger partial charge in [-0.25, -0.2) is 0 Å². The molecule has 1 aromatic carbocycles. The van der Waals surface area contributed by atoms with Crippen molar-refractivity contribution < 1.29 is 9.53 Å². The van der Waals surface area contributed by atoms with E-state index in [4.69, 9.17) is 16.3 Å². The van der Waals surface area contributed by atoms with Crippen LogP contribution in [0, 0.1) is 0 Å². The molecule has 1 aliphatic heterocycles. The Morgan fingerprint density at radius 1 is 1.48 bits per heavy atom. The zero-order chi connectivity index (χ0) is 15.1. The largest absolute Gasteiger partial charge is 0.383 e. The molecule has 1 atom stereocenters. The van der Waals surface area contributed by atoms with E-state index in [2.05, 4.69) is 5.32 Å². The van der Waals surface area contributed by atoms with Crippen LogP contribution in [0.1, 0.15) is 18.4 Å². The maximum atomic E-state index is 12.5. The van der Waals surface area contributed by atoms with Crippen molar-refractivity contribution in [3.8, 4) is 0 Å². The van der Waals surface area contributed by atoms with Crippen molar-refractivity contribution in [3.63, 3.8) is 0 Å². The van der Waals surface area contributed by atoms with Crippen molar-refractivity contribution >= 4 is 17.5 Å². The highest BCUT2D eigenvalue weighted by atomic mass is 35.5. The highest BCUT2D eigenvalue weighted by molar-refractivity contribution is 6.31. The van der Waals surface area contributed by atoms with Crippen LogP contribution in [0.15, 0.2) is 24.3 Å². The highest BCUT2D eigenvalue weighted by Crippen LogP contribution is 2.17. The smallest absolute Gasteiger partial charge is 0.227 e. The Bertz CT molecular complexity index is 461. The van der Waals surface area contributed by atoms with E-state index in [1.807, 2.05) is 29.2 Å². The summed E-state index contributed by atoms with van der Waals surface area (Å²) in [6.07, 6.45) is 2.65. The molecule has 21 heavy (non-hydrogen) atoms. The first-order valence-corrected chi connectivity index (χ1v) is 7.82. The van der Waals surface area contributed by atoms with Gasteiger partial charge in [0, 0.05) is 31.3 Å². The first kappa shape index (κ1) is 16.3. The molecule has 0 aliphatic carbocycles. The van der Waals surface area contributed by atoms with Crippen LogP contribution in [0.3, 0.4) is 0 Å². The Morgan fingerprint density at radius 3 is 2.95 bits per heavy atom. The van der Waals surface area contributed by atoms with E-state index >= 15 is 0 Å². The second kappa shape index (κ2) is 8.37. The summed E-state index contributed by atoms with van der Waals surface area (Å²) in [5.74, 6) is 0.105. The minimum atomic E-state index is 0.105. The third-order valence-electron chi connectivity index (χ3n) is 3.82. The van der Waals surface area contributed by atoms with Gasteiger partial charge in [-0.15, -0.1) is 0 Å². The molecular formula is C16H23ClN2O2. The minimum absolute atomic E-state index is 0.105. The predicted octanol–water partition coefficient (Wildman–Crippen LogP) is 2.11. The summed E-state index contributed by atoms with van der Waals surface area (Å²) < 4.78 is 5.12. The fourth-order valence-electron chi connectivity index (χ4n) is 2.61. The second-order valence-electron chi connectivity index (χ2n) is 5.39. The van der Waals surface area contributed by atoms with Crippen LogP contribution >= 0.6 is 11.6 Å². The molecule has 1 aliphatic rings. The van der Waals surface area contributed by atoms with Crippen molar-refractivity contribution in [1.82, 2.24) is 10.2 Å². The lowest BCUT2D eigenvalue weighted by Crippen LogP contribution is -2.43. The summed E-state index contributed by atoms with van der Waals surface area (Å²) in [6.45, 7) is 2.97. The molecule has 1 fully saturated rings. The Kier molecular flexibility index (Phi) is 6.49. The maximum Gasteiger partial charge on any atom is 0.227 e. The van der Waals surface area contributed by atoms with E-state index in [0.717, 1.165) is 25.1 Å². The lowest BCUT2D eigenvalue weighted by Gasteiger charge is -2.26. The van der Waals surface area contributed by atoms with Crippen molar-refractivity contribution in [2.24, 2.45) is 0 Å². The Balaban J connectivity index is 1.97. The third kappa shape index (κ3) is 4.99. The zero-order valence-corrected chi connectivity index (χ0v) is 13.2. The Labute approximate surface area is 131 Å². The van der Waals surface area contributed by atoms with Crippen LogP contribution in [0.2, 0.25) is 5.02 Å². The Morgan fingerprint density at radius 2 is 2.29 bits per heavy atom. The molecule has 4 nitrogen and oxygen atoms in total.